The topological polar surface area (TPSA) is 72.5 Å². The minimum absolute atomic E-state index is 0. The summed E-state index contributed by atoms with van der Waals surface area (Å²) in [6.45, 7) is 0. The Kier molecular flexibility index (Phi) is 6.18. The Morgan fingerprint density at radius 3 is 2.69 bits per heavy atom. The number of nitrogens with two attached hydrogens (primary N) is 1. The van der Waals surface area contributed by atoms with Crippen molar-refractivity contribution in [1.82, 2.24) is 0 Å². The molecule has 16 heavy (non-hydrogen) atoms. The average Bonchev–Trinajstić information content (AvgIpc) is 2.15. The molecule has 3 N–H and O–H groups in total. The van der Waals surface area contributed by atoms with Crippen LogP contribution in [0.25, 0.3) is 0 Å². The van der Waals surface area contributed by atoms with Gasteiger partial charge in [-0.1, -0.05) is 11.6 Å². The predicted molar refractivity (Wildman–Crippen MR) is 64.4 cm³/mol. The number of halogens is 2. The molecule has 1 atom stereocenters. The lowest BCUT2D eigenvalue weighted by molar-refractivity contribution is -0.137. The van der Waals surface area contributed by atoms with E-state index >= 15 is 0 Å². The van der Waals surface area contributed by atoms with Crippen LogP contribution in [0.3, 0.4) is 0 Å². The van der Waals surface area contributed by atoms with Crippen molar-refractivity contribution in [3.8, 4) is 5.75 Å². The van der Waals surface area contributed by atoms with Crippen molar-refractivity contribution in [3.05, 3.63) is 28.8 Å². The molecule has 0 aliphatic rings. The van der Waals surface area contributed by atoms with Crippen molar-refractivity contribution in [2.75, 3.05) is 7.11 Å². The van der Waals surface area contributed by atoms with E-state index in [1.54, 1.807) is 18.2 Å². The number of methoxy groups -OCH3 is 1. The molecule has 0 amide bonds. The van der Waals surface area contributed by atoms with Crippen LogP contribution in [0, 0.1) is 0 Å². The van der Waals surface area contributed by atoms with E-state index in [0.717, 1.165) is 0 Å². The number of carbonyl (C=O) groups is 1. The number of ether oxygens (including phenoxy) is 1. The fraction of sp³-hybridized carbons (Fsp3) is 0.300. The Balaban J connectivity index is 0.00000225. The van der Waals surface area contributed by atoms with Crippen LogP contribution in [0.1, 0.15) is 18.0 Å². The second-order valence-electron chi connectivity index (χ2n) is 3.13. The minimum atomic E-state index is -0.943. The quantitative estimate of drug-likeness (QED) is 0.876. The number of benzene rings is 1. The Morgan fingerprint density at radius 1 is 1.56 bits per heavy atom. The second-order valence-corrected chi connectivity index (χ2v) is 3.57. The summed E-state index contributed by atoms with van der Waals surface area (Å²) in [5.74, 6) is -0.375. The lowest BCUT2D eigenvalue weighted by Gasteiger charge is -2.11. The van der Waals surface area contributed by atoms with E-state index in [9.17, 15) is 4.79 Å². The minimum Gasteiger partial charge on any atom is -0.497 e. The first kappa shape index (κ1) is 15.0. The van der Waals surface area contributed by atoms with Gasteiger partial charge in [-0.25, -0.2) is 0 Å². The Morgan fingerprint density at radius 2 is 2.19 bits per heavy atom. The third-order valence-corrected chi connectivity index (χ3v) is 2.17. The molecule has 0 bridgehead atoms. The SMILES string of the molecule is COc1cc(Cl)cc([C@H](N)CC(=O)O)c1.Cl. The van der Waals surface area contributed by atoms with Gasteiger partial charge in [0.1, 0.15) is 5.75 Å². The van der Waals surface area contributed by atoms with Gasteiger partial charge in [-0.05, 0) is 23.8 Å². The van der Waals surface area contributed by atoms with Gasteiger partial charge in [0.15, 0.2) is 0 Å². The van der Waals surface area contributed by atoms with Crippen molar-refractivity contribution < 1.29 is 14.6 Å². The first-order chi connectivity index (χ1) is 7.02. The molecular formula is C10H13Cl2NO3. The lowest BCUT2D eigenvalue weighted by atomic mass is 10.0. The van der Waals surface area contributed by atoms with E-state index in [1.807, 2.05) is 0 Å². The number of hydrogen-bond donors (Lipinski definition) is 2. The van der Waals surface area contributed by atoms with Crippen LogP contribution in [0.4, 0.5) is 0 Å². The summed E-state index contributed by atoms with van der Waals surface area (Å²) in [4.78, 5) is 10.5. The highest BCUT2D eigenvalue weighted by Gasteiger charge is 2.12. The highest BCUT2D eigenvalue weighted by atomic mass is 35.5. The summed E-state index contributed by atoms with van der Waals surface area (Å²) in [5, 5.41) is 9.07. The van der Waals surface area contributed by atoms with Gasteiger partial charge in [0.25, 0.3) is 0 Å². The van der Waals surface area contributed by atoms with Crippen LogP contribution in [0.5, 0.6) is 5.75 Å². The summed E-state index contributed by atoms with van der Waals surface area (Å²) in [7, 11) is 1.51. The third kappa shape index (κ3) is 4.26. The smallest absolute Gasteiger partial charge is 0.305 e. The summed E-state index contributed by atoms with van der Waals surface area (Å²) in [5.41, 5.74) is 6.35. The fourth-order valence-corrected chi connectivity index (χ4v) is 1.46. The van der Waals surface area contributed by atoms with E-state index in [0.29, 0.717) is 16.3 Å². The zero-order valence-electron chi connectivity index (χ0n) is 8.64. The van der Waals surface area contributed by atoms with E-state index < -0.39 is 12.0 Å². The third-order valence-electron chi connectivity index (χ3n) is 1.95. The largest absolute Gasteiger partial charge is 0.497 e. The highest BCUT2D eigenvalue weighted by molar-refractivity contribution is 6.30. The molecular weight excluding hydrogens is 253 g/mol. The Hall–Kier alpha value is -0.970. The molecule has 1 aromatic rings. The highest BCUT2D eigenvalue weighted by Crippen LogP contribution is 2.25. The van der Waals surface area contributed by atoms with Crippen LogP contribution < -0.4 is 10.5 Å². The number of hydrogen-bond acceptors (Lipinski definition) is 3. The molecule has 0 heterocycles. The number of carboxylic acid groups (broad SMARTS) is 1. The van der Waals surface area contributed by atoms with Gasteiger partial charge < -0.3 is 15.6 Å². The van der Waals surface area contributed by atoms with E-state index in [2.05, 4.69) is 0 Å². The van der Waals surface area contributed by atoms with Gasteiger partial charge in [0.2, 0.25) is 0 Å². The second kappa shape index (κ2) is 6.58. The van der Waals surface area contributed by atoms with Crippen LogP contribution in [0.2, 0.25) is 5.02 Å². The van der Waals surface area contributed by atoms with Crippen LogP contribution in [-0.4, -0.2) is 18.2 Å². The van der Waals surface area contributed by atoms with E-state index in [1.165, 1.54) is 7.11 Å². The van der Waals surface area contributed by atoms with Gasteiger partial charge in [0.05, 0.1) is 13.5 Å². The summed E-state index contributed by atoms with van der Waals surface area (Å²) in [6, 6.07) is 4.38. The molecule has 0 fully saturated rings. The standard InChI is InChI=1S/C10H12ClNO3.ClH/c1-15-8-3-6(2-7(11)4-8)9(12)5-10(13)14;/h2-4,9H,5,12H2,1H3,(H,13,14);1H/t9-;/m1./s1. The van der Waals surface area contributed by atoms with Crippen molar-refractivity contribution in [2.24, 2.45) is 5.73 Å². The zero-order valence-corrected chi connectivity index (χ0v) is 10.2. The summed E-state index contributed by atoms with van der Waals surface area (Å²) in [6.07, 6.45) is -0.135. The molecule has 0 saturated carbocycles. The number of rotatable bonds is 4. The molecule has 6 heteroatoms. The van der Waals surface area contributed by atoms with Gasteiger partial charge in [-0.15, -0.1) is 12.4 Å². The Labute approximate surface area is 105 Å². The van der Waals surface area contributed by atoms with Crippen molar-refractivity contribution in [1.29, 1.82) is 0 Å². The maximum atomic E-state index is 10.5. The summed E-state index contributed by atoms with van der Waals surface area (Å²) >= 11 is 5.83. The molecule has 0 spiro atoms. The molecule has 1 aromatic carbocycles. The normalized spacial score (nSPS) is 11.4. The van der Waals surface area contributed by atoms with E-state index in [4.69, 9.17) is 27.2 Å². The van der Waals surface area contributed by atoms with Crippen LogP contribution in [-0.2, 0) is 4.79 Å². The average molecular weight is 266 g/mol. The molecule has 1 rings (SSSR count). The first-order valence-electron chi connectivity index (χ1n) is 4.34. The maximum Gasteiger partial charge on any atom is 0.305 e. The molecule has 90 valence electrons. The predicted octanol–water partition coefficient (Wildman–Crippen LogP) is 2.24. The maximum absolute atomic E-state index is 10.5. The molecule has 4 nitrogen and oxygen atoms in total. The molecule has 0 aliphatic carbocycles. The molecule has 0 radical (unpaired) electrons. The molecule has 0 unspecified atom stereocenters. The number of aliphatic carboxylic acids is 1. The lowest BCUT2D eigenvalue weighted by Crippen LogP contribution is -2.15. The van der Waals surface area contributed by atoms with Gasteiger partial charge in [0, 0.05) is 11.1 Å². The number of carboxylic acids is 1. The van der Waals surface area contributed by atoms with Gasteiger partial charge in [-0.2, -0.15) is 0 Å². The van der Waals surface area contributed by atoms with E-state index in [-0.39, 0.29) is 18.8 Å². The van der Waals surface area contributed by atoms with Crippen LogP contribution in [0.15, 0.2) is 18.2 Å². The molecule has 0 saturated heterocycles. The van der Waals surface area contributed by atoms with Crippen molar-refractivity contribution in [2.45, 2.75) is 12.5 Å². The van der Waals surface area contributed by atoms with Gasteiger partial charge >= 0.3 is 5.97 Å². The summed E-state index contributed by atoms with van der Waals surface area (Å²) < 4.78 is 5.00. The van der Waals surface area contributed by atoms with Crippen LogP contribution >= 0.6 is 24.0 Å². The van der Waals surface area contributed by atoms with Crippen molar-refractivity contribution >= 4 is 30.0 Å². The van der Waals surface area contributed by atoms with Gasteiger partial charge in [-0.3, -0.25) is 4.79 Å². The zero-order chi connectivity index (χ0) is 11.4. The fourth-order valence-electron chi connectivity index (χ4n) is 1.22. The molecule has 0 aromatic heterocycles. The Bertz CT molecular complexity index is 371. The molecule has 0 aliphatic heterocycles. The van der Waals surface area contributed by atoms with Crippen molar-refractivity contribution in [3.63, 3.8) is 0 Å². The monoisotopic (exact) mass is 265 g/mol. The first-order valence-corrected chi connectivity index (χ1v) is 4.72.